The normalized spacial score (nSPS) is 14.7. The lowest BCUT2D eigenvalue weighted by atomic mass is 10.0. The molecular formula is C29H29F2N7O2. The molecule has 1 fully saturated rings. The molecule has 3 heterocycles. The van der Waals surface area contributed by atoms with Crippen molar-refractivity contribution < 1.29 is 18.7 Å². The van der Waals surface area contributed by atoms with Crippen molar-refractivity contribution in [1.82, 2.24) is 19.9 Å². The Bertz CT molecular complexity index is 1560. The van der Waals surface area contributed by atoms with Crippen molar-refractivity contribution in [2.75, 3.05) is 48.3 Å². The Kier molecular flexibility index (Phi) is 7.94. The van der Waals surface area contributed by atoms with Crippen LogP contribution in [0.25, 0.3) is 22.0 Å². The molecule has 9 nitrogen and oxygen atoms in total. The number of fused-ring (bicyclic) bond motifs is 1. The van der Waals surface area contributed by atoms with Crippen LogP contribution >= 0.6 is 0 Å². The first-order valence-electron chi connectivity index (χ1n) is 12.9. The molecule has 1 unspecified atom stereocenters. The van der Waals surface area contributed by atoms with Crippen LogP contribution in [0.4, 0.5) is 31.9 Å². The van der Waals surface area contributed by atoms with Crippen LogP contribution in [-0.4, -0.2) is 69.7 Å². The van der Waals surface area contributed by atoms with E-state index in [0.29, 0.717) is 23.0 Å². The first-order chi connectivity index (χ1) is 19.3. The quantitative estimate of drug-likeness (QED) is 0.281. The van der Waals surface area contributed by atoms with Gasteiger partial charge >= 0.3 is 0 Å². The number of hydrogen-bond acceptors (Lipinski definition) is 8. The third kappa shape index (κ3) is 6.05. The van der Waals surface area contributed by atoms with E-state index in [9.17, 15) is 9.90 Å². The maximum Gasteiger partial charge on any atom is 0.248 e. The lowest BCUT2D eigenvalue weighted by Crippen LogP contribution is -2.48. The zero-order valence-corrected chi connectivity index (χ0v) is 21.9. The predicted molar refractivity (Wildman–Crippen MR) is 152 cm³/mol. The first-order valence-corrected chi connectivity index (χ1v) is 12.9. The summed E-state index contributed by atoms with van der Waals surface area (Å²) >= 11 is 0. The van der Waals surface area contributed by atoms with Gasteiger partial charge in [0.1, 0.15) is 17.5 Å². The summed E-state index contributed by atoms with van der Waals surface area (Å²) in [5.41, 5.74) is 1.92. The Balaban J connectivity index is 1.38. The monoisotopic (exact) mass is 545 g/mol. The van der Waals surface area contributed by atoms with Crippen LogP contribution in [0.5, 0.6) is 0 Å². The van der Waals surface area contributed by atoms with E-state index in [2.05, 4.69) is 42.0 Å². The number of carbonyl (C=O) groups excluding carboxylic acids is 1. The fraction of sp³-hybridized carbons (Fsp3) is 0.241. The number of nitrogens with zero attached hydrogens (tertiary/aromatic N) is 5. The lowest BCUT2D eigenvalue weighted by molar-refractivity contribution is -0.111. The molecule has 2 aromatic carbocycles. The number of rotatable bonds is 8. The highest BCUT2D eigenvalue weighted by atomic mass is 19.1. The van der Waals surface area contributed by atoms with Gasteiger partial charge in [-0.25, -0.2) is 23.7 Å². The molecular weight excluding hydrogens is 516 g/mol. The summed E-state index contributed by atoms with van der Waals surface area (Å²) in [7, 11) is 0. The number of halogens is 2. The second-order valence-electron chi connectivity index (χ2n) is 9.60. The van der Waals surface area contributed by atoms with Crippen molar-refractivity contribution in [3.8, 4) is 11.1 Å². The maximum atomic E-state index is 15.1. The highest BCUT2D eigenvalue weighted by molar-refractivity contribution is 5.99. The number of pyridine rings is 1. The van der Waals surface area contributed by atoms with Crippen molar-refractivity contribution in [2.45, 2.75) is 13.0 Å². The molecule has 0 saturated carbocycles. The van der Waals surface area contributed by atoms with Gasteiger partial charge in [0.2, 0.25) is 11.9 Å². The Labute approximate surface area is 230 Å². The third-order valence-corrected chi connectivity index (χ3v) is 6.65. The van der Waals surface area contributed by atoms with E-state index in [-0.39, 0.29) is 29.1 Å². The van der Waals surface area contributed by atoms with E-state index in [1.165, 1.54) is 30.6 Å². The second kappa shape index (κ2) is 11.7. The van der Waals surface area contributed by atoms with Gasteiger partial charge in [0.25, 0.3) is 0 Å². The molecule has 4 aromatic rings. The van der Waals surface area contributed by atoms with E-state index in [0.717, 1.165) is 37.9 Å². The van der Waals surface area contributed by atoms with Crippen LogP contribution in [0.1, 0.15) is 6.92 Å². The van der Waals surface area contributed by atoms with Crippen molar-refractivity contribution in [3.05, 3.63) is 79.1 Å². The van der Waals surface area contributed by atoms with Crippen molar-refractivity contribution in [3.63, 3.8) is 0 Å². The van der Waals surface area contributed by atoms with E-state index < -0.39 is 17.5 Å². The second-order valence-corrected chi connectivity index (χ2v) is 9.60. The van der Waals surface area contributed by atoms with E-state index in [1.807, 2.05) is 6.07 Å². The molecule has 1 atom stereocenters. The van der Waals surface area contributed by atoms with Crippen LogP contribution < -0.4 is 15.5 Å². The number of β-amino-alcohol motifs (C(OH)–C–C–N with tert-alkyl or cyclic N) is 1. The Morgan fingerprint density at radius 3 is 2.62 bits per heavy atom. The molecule has 2 aromatic heterocycles. The Morgan fingerprint density at radius 2 is 1.90 bits per heavy atom. The van der Waals surface area contributed by atoms with Gasteiger partial charge in [-0.2, -0.15) is 0 Å². The molecule has 1 saturated heterocycles. The Morgan fingerprint density at radius 1 is 1.10 bits per heavy atom. The summed E-state index contributed by atoms with van der Waals surface area (Å²) in [5, 5.41) is 15.7. The minimum Gasteiger partial charge on any atom is -0.392 e. The molecule has 206 valence electrons. The number of carbonyl (C=O) groups is 1. The van der Waals surface area contributed by atoms with Gasteiger partial charge in [-0.1, -0.05) is 6.58 Å². The van der Waals surface area contributed by atoms with E-state index >= 15 is 8.78 Å². The largest absolute Gasteiger partial charge is 0.392 e. The number of amides is 1. The van der Waals surface area contributed by atoms with E-state index in [1.54, 1.807) is 25.1 Å². The molecule has 0 aliphatic carbocycles. The number of benzene rings is 2. The molecule has 11 heteroatoms. The smallest absolute Gasteiger partial charge is 0.248 e. The van der Waals surface area contributed by atoms with Crippen molar-refractivity contribution >= 4 is 40.0 Å². The summed E-state index contributed by atoms with van der Waals surface area (Å²) < 4.78 is 30.3. The summed E-state index contributed by atoms with van der Waals surface area (Å²) in [6.45, 7) is 8.85. The van der Waals surface area contributed by atoms with Crippen LogP contribution in [0, 0.1) is 11.6 Å². The SMILES string of the molecule is C=CC(=O)Nc1cc(-c2c(F)ccc3cnc(Nc4ccc(N5CCN(CC(C)O)CC5)cc4F)nc23)ccn1. The number of anilines is 4. The van der Waals surface area contributed by atoms with Crippen LogP contribution in [0.2, 0.25) is 0 Å². The van der Waals surface area contributed by atoms with Gasteiger partial charge in [-0.15, -0.1) is 0 Å². The van der Waals surface area contributed by atoms with Gasteiger partial charge in [0.15, 0.2) is 0 Å². The first kappa shape index (κ1) is 27.1. The average molecular weight is 546 g/mol. The number of piperazine rings is 1. The summed E-state index contributed by atoms with van der Waals surface area (Å²) in [5.74, 6) is -1.09. The number of aliphatic hydroxyl groups excluding tert-OH is 1. The fourth-order valence-electron chi connectivity index (χ4n) is 4.72. The molecule has 0 bridgehead atoms. The zero-order chi connectivity index (χ0) is 28.2. The number of aromatic nitrogens is 3. The van der Waals surface area contributed by atoms with Crippen LogP contribution in [-0.2, 0) is 4.79 Å². The minimum atomic E-state index is -0.520. The summed E-state index contributed by atoms with van der Waals surface area (Å²) in [4.78, 5) is 28.9. The zero-order valence-electron chi connectivity index (χ0n) is 21.9. The van der Waals surface area contributed by atoms with E-state index in [4.69, 9.17) is 0 Å². The van der Waals surface area contributed by atoms with Gasteiger partial charge in [0, 0.05) is 61.8 Å². The average Bonchev–Trinajstić information content (AvgIpc) is 2.94. The lowest BCUT2D eigenvalue weighted by Gasteiger charge is -2.36. The summed E-state index contributed by atoms with van der Waals surface area (Å²) in [6.07, 6.45) is 3.72. The van der Waals surface area contributed by atoms with Crippen molar-refractivity contribution in [1.29, 1.82) is 0 Å². The third-order valence-electron chi connectivity index (χ3n) is 6.65. The predicted octanol–water partition coefficient (Wildman–Crippen LogP) is 4.34. The maximum absolute atomic E-state index is 15.1. The minimum absolute atomic E-state index is 0.104. The van der Waals surface area contributed by atoms with Gasteiger partial charge in [-0.3, -0.25) is 9.69 Å². The molecule has 40 heavy (non-hydrogen) atoms. The van der Waals surface area contributed by atoms with Gasteiger partial charge < -0.3 is 20.6 Å². The number of aliphatic hydroxyl groups is 1. The highest BCUT2D eigenvalue weighted by Gasteiger charge is 2.20. The van der Waals surface area contributed by atoms with Crippen molar-refractivity contribution in [2.24, 2.45) is 0 Å². The highest BCUT2D eigenvalue weighted by Crippen LogP contribution is 2.32. The van der Waals surface area contributed by atoms with Gasteiger partial charge in [-0.05, 0) is 61.0 Å². The molecule has 0 radical (unpaired) electrons. The standard InChI is InChI=1S/C29H29F2N7O2/c1-3-26(40)35-25-14-19(8-9-32-25)27-22(30)6-4-20-16-33-29(36-28(20)27)34-24-7-5-21(15-23(24)31)38-12-10-37(11-13-38)17-18(2)39/h3-9,14-16,18,39H,1,10-13,17H2,2H3,(H,32,35,40)(H,33,34,36). The molecule has 3 N–H and O–H groups in total. The Hall–Kier alpha value is -4.48. The topological polar surface area (TPSA) is 107 Å². The molecule has 1 aliphatic heterocycles. The van der Waals surface area contributed by atoms with Crippen LogP contribution in [0.3, 0.4) is 0 Å². The molecule has 5 rings (SSSR count). The number of nitrogens with one attached hydrogen (secondary N) is 2. The molecule has 1 aliphatic rings. The molecule has 1 amide bonds. The molecule has 0 spiro atoms. The van der Waals surface area contributed by atoms with Crippen LogP contribution in [0.15, 0.2) is 67.5 Å². The fourth-order valence-corrected chi connectivity index (χ4v) is 4.72. The summed E-state index contributed by atoms with van der Waals surface area (Å²) in [6, 6.07) is 11.0. The number of hydrogen-bond donors (Lipinski definition) is 3. The van der Waals surface area contributed by atoms with Gasteiger partial charge in [0.05, 0.1) is 17.3 Å².